The molecule has 0 bridgehead atoms. The minimum atomic E-state index is -0.479. The Morgan fingerprint density at radius 3 is 2.57 bits per heavy atom. The van der Waals surface area contributed by atoms with E-state index in [1.807, 2.05) is 30.3 Å². The summed E-state index contributed by atoms with van der Waals surface area (Å²) in [5.74, 6) is 0.578. The van der Waals surface area contributed by atoms with Crippen LogP contribution in [-0.2, 0) is 6.61 Å². The molecule has 0 heterocycles. The van der Waals surface area contributed by atoms with Crippen LogP contribution in [0.25, 0.3) is 0 Å². The van der Waals surface area contributed by atoms with Crippen LogP contribution in [0.2, 0.25) is 10.0 Å². The van der Waals surface area contributed by atoms with Crippen LogP contribution < -0.4 is 15.5 Å². The maximum atomic E-state index is 11.8. The van der Waals surface area contributed by atoms with Crippen molar-refractivity contribution in [2.45, 2.75) is 6.61 Å². The Hall–Kier alpha value is -3.02. The third-order valence-corrected chi connectivity index (χ3v) is 4.19. The second-order valence-electron chi connectivity index (χ2n) is 5.80. The molecule has 0 radical (unpaired) electrons. The zero-order chi connectivity index (χ0) is 19.8. The van der Waals surface area contributed by atoms with Gasteiger partial charge in [0, 0.05) is 10.7 Å². The summed E-state index contributed by atoms with van der Waals surface area (Å²) in [4.78, 5) is 11.8. The summed E-state index contributed by atoms with van der Waals surface area (Å²) in [5.41, 5.74) is 4.73. The Bertz CT molecular complexity index is 978. The molecule has 0 spiro atoms. The fraction of sp³-hybridized carbons (Fsp3) is 0.0476. The molecule has 0 aromatic heterocycles. The number of anilines is 1. The highest BCUT2D eigenvalue weighted by molar-refractivity contribution is 6.32. The molecule has 2 amide bonds. The first-order chi connectivity index (χ1) is 13.6. The Kier molecular flexibility index (Phi) is 6.89. The van der Waals surface area contributed by atoms with Crippen molar-refractivity contribution in [1.82, 2.24) is 5.43 Å². The lowest BCUT2D eigenvalue weighted by Gasteiger charge is -2.08. The Morgan fingerprint density at radius 2 is 1.82 bits per heavy atom. The normalized spacial score (nSPS) is 10.6. The van der Waals surface area contributed by atoms with Gasteiger partial charge in [-0.15, -0.1) is 0 Å². The summed E-state index contributed by atoms with van der Waals surface area (Å²) in [6, 6.07) is 21.4. The number of nitrogens with zero attached hydrogens (tertiary/aromatic N) is 1. The van der Waals surface area contributed by atoms with Crippen LogP contribution >= 0.6 is 23.2 Å². The number of nitrogens with one attached hydrogen (secondary N) is 2. The van der Waals surface area contributed by atoms with Crippen LogP contribution in [0.3, 0.4) is 0 Å². The molecule has 0 aliphatic rings. The standard InChI is InChI=1S/C21H17Cl2N3O2/c22-17-7-4-8-18(12-17)25-21(27)26-24-13-16-9-10-20(19(23)11-16)28-14-15-5-2-1-3-6-15/h1-13H,14H2,(H2,25,26,27)/b24-13-. The monoisotopic (exact) mass is 413 g/mol. The molecule has 0 aliphatic heterocycles. The molecular formula is C21H17Cl2N3O2. The maximum absolute atomic E-state index is 11.8. The Morgan fingerprint density at radius 1 is 1.00 bits per heavy atom. The van der Waals surface area contributed by atoms with Crippen molar-refractivity contribution in [2.24, 2.45) is 5.10 Å². The molecule has 7 heteroatoms. The van der Waals surface area contributed by atoms with Crippen LogP contribution in [0.1, 0.15) is 11.1 Å². The number of benzene rings is 3. The molecule has 3 rings (SSSR count). The van der Waals surface area contributed by atoms with E-state index >= 15 is 0 Å². The molecule has 3 aromatic carbocycles. The molecule has 142 valence electrons. The highest BCUT2D eigenvalue weighted by Crippen LogP contribution is 2.25. The van der Waals surface area contributed by atoms with Crippen LogP contribution in [-0.4, -0.2) is 12.2 Å². The van der Waals surface area contributed by atoms with Gasteiger partial charge >= 0.3 is 6.03 Å². The van der Waals surface area contributed by atoms with Gasteiger partial charge in [0.2, 0.25) is 0 Å². The van der Waals surface area contributed by atoms with Crippen molar-refractivity contribution in [3.05, 3.63) is 94.0 Å². The molecule has 0 aliphatic carbocycles. The van der Waals surface area contributed by atoms with Gasteiger partial charge in [-0.05, 0) is 47.5 Å². The predicted octanol–water partition coefficient (Wildman–Crippen LogP) is 5.73. The van der Waals surface area contributed by atoms with Gasteiger partial charge in [0.1, 0.15) is 12.4 Å². The lowest BCUT2D eigenvalue weighted by Crippen LogP contribution is -2.24. The molecule has 0 saturated heterocycles. The van der Waals surface area contributed by atoms with E-state index in [2.05, 4.69) is 15.8 Å². The summed E-state index contributed by atoms with van der Waals surface area (Å²) < 4.78 is 5.73. The SMILES string of the molecule is O=C(N/N=C\c1ccc(OCc2ccccc2)c(Cl)c1)Nc1cccc(Cl)c1. The number of hydrogen-bond acceptors (Lipinski definition) is 3. The van der Waals surface area contributed by atoms with Gasteiger partial charge < -0.3 is 10.1 Å². The number of carbonyl (C=O) groups is 1. The number of urea groups is 1. The highest BCUT2D eigenvalue weighted by Gasteiger charge is 2.04. The Balaban J connectivity index is 1.52. The number of hydrogen-bond donors (Lipinski definition) is 2. The largest absolute Gasteiger partial charge is 0.487 e. The van der Waals surface area contributed by atoms with E-state index in [1.165, 1.54) is 6.21 Å². The van der Waals surface area contributed by atoms with E-state index in [-0.39, 0.29) is 0 Å². The number of amides is 2. The summed E-state index contributed by atoms with van der Waals surface area (Å²) in [5, 5.41) is 7.53. The minimum Gasteiger partial charge on any atom is -0.487 e. The van der Waals surface area contributed by atoms with Crippen molar-refractivity contribution < 1.29 is 9.53 Å². The third-order valence-electron chi connectivity index (χ3n) is 3.66. The first-order valence-corrected chi connectivity index (χ1v) is 9.17. The lowest BCUT2D eigenvalue weighted by molar-refractivity contribution is 0.252. The van der Waals surface area contributed by atoms with Crippen LogP contribution in [0, 0.1) is 0 Å². The number of ether oxygens (including phenoxy) is 1. The second kappa shape index (κ2) is 9.78. The van der Waals surface area contributed by atoms with E-state index < -0.39 is 6.03 Å². The van der Waals surface area contributed by atoms with Crippen LogP contribution in [0.15, 0.2) is 77.9 Å². The number of hydrazone groups is 1. The molecule has 0 unspecified atom stereocenters. The zero-order valence-corrected chi connectivity index (χ0v) is 16.2. The zero-order valence-electron chi connectivity index (χ0n) is 14.7. The predicted molar refractivity (Wildman–Crippen MR) is 113 cm³/mol. The summed E-state index contributed by atoms with van der Waals surface area (Å²) in [6.45, 7) is 0.430. The Labute approximate surface area is 172 Å². The van der Waals surface area contributed by atoms with Gasteiger partial charge in [-0.1, -0.05) is 59.6 Å². The van der Waals surface area contributed by atoms with Crippen LogP contribution in [0.4, 0.5) is 10.5 Å². The van der Waals surface area contributed by atoms with Gasteiger partial charge in [-0.2, -0.15) is 5.10 Å². The van der Waals surface area contributed by atoms with Crippen molar-refractivity contribution in [3.63, 3.8) is 0 Å². The fourth-order valence-corrected chi connectivity index (χ4v) is 2.77. The summed E-state index contributed by atoms with van der Waals surface area (Å²) in [7, 11) is 0. The van der Waals surface area contributed by atoms with Gasteiger partial charge in [0.05, 0.1) is 11.2 Å². The average Bonchev–Trinajstić information content (AvgIpc) is 2.68. The van der Waals surface area contributed by atoms with Gasteiger partial charge in [-0.25, -0.2) is 10.2 Å². The summed E-state index contributed by atoms with van der Waals surface area (Å²) in [6.07, 6.45) is 1.49. The van der Waals surface area contributed by atoms with E-state index in [1.54, 1.807) is 42.5 Å². The molecule has 0 saturated carbocycles. The van der Waals surface area contributed by atoms with E-state index in [4.69, 9.17) is 27.9 Å². The van der Waals surface area contributed by atoms with Gasteiger partial charge in [0.15, 0.2) is 0 Å². The molecule has 28 heavy (non-hydrogen) atoms. The van der Waals surface area contributed by atoms with Crippen molar-refractivity contribution in [2.75, 3.05) is 5.32 Å². The van der Waals surface area contributed by atoms with Gasteiger partial charge in [-0.3, -0.25) is 0 Å². The minimum absolute atomic E-state index is 0.430. The average molecular weight is 414 g/mol. The topological polar surface area (TPSA) is 62.7 Å². The number of halogens is 2. The van der Waals surface area contributed by atoms with E-state index in [9.17, 15) is 4.79 Å². The second-order valence-corrected chi connectivity index (χ2v) is 6.64. The molecular weight excluding hydrogens is 397 g/mol. The third kappa shape index (κ3) is 6.01. The fourth-order valence-electron chi connectivity index (χ4n) is 2.34. The van der Waals surface area contributed by atoms with Gasteiger partial charge in [0.25, 0.3) is 0 Å². The van der Waals surface area contributed by atoms with Crippen molar-refractivity contribution in [1.29, 1.82) is 0 Å². The van der Waals surface area contributed by atoms with Crippen molar-refractivity contribution >= 4 is 41.1 Å². The quantitative estimate of drug-likeness (QED) is 0.400. The highest BCUT2D eigenvalue weighted by atomic mass is 35.5. The lowest BCUT2D eigenvalue weighted by atomic mass is 10.2. The molecule has 0 atom stereocenters. The van der Waals surface area contributed by atoms with Crippen molar-refractivity contribution in [3.8, 4) is 5.75 Å². The smallest absolute Gasteiger partial charge is 0.339 e. The van der Waals surface area contributed by atoms with Crippen LogP contribution in [0.5, 0.6) is 5.75 Å². The molecule has 3 aromatic rings. The molecule has 2 N–H and O–H groups in total. The summed E-state index contributed by atoms with van der Waals surface area (Å²) >= 11 is 12.1. The first-order valence-electron chi connectivity index (χ1n) is 8.42. The number of rotatable bonds is 6. The molecule has 5 nitrogen and oxygen atoms in total. The number of carbonyl (C=O) groups excluding carboxylic acids is 1. The molecule has 0 fully saturated rings. The van der Waals surface area contributed by atoms with E-state index in [0.29, 0.717) is 28.1 Å². The first kappa shape index (κ1) is 19.7. The van der Waals surface area contributed by atoms with E-state index in [0.717, 1.165) is 11.1 Å². The maximum Gasteiger partial charge on any atom is 0.339 e.